The summed E-state index contributed by atoms with van der Waals surface area (Å²) >= 11 is 1.59. The smallest absolute Gasteiger partial charge is 0.140 e. The number of aromatic nitrogens is 3. The molecular formula is C16H17FN4OS. The molecule has 2 atom stereocenters. The Labute approximate surface area is 137 Å². The number of nitrogens with zero attached hydrogens (tertiary/aromatic N) is 3. The zero-order valence-electron chi connectivity index (χ0n) is 12.5. The molecule has 3 aromatic rings. The molecule has 120 valence electrons. The molecule has 0 spiro atoms. The van der Waals surface area contributed by atoms with E-state index in [2.05, 4.69) is 15.0 Å². The fourth-order valence-electron chi connectivity index (χ4n) is 2.88. The van der Waals surface area contributed by atoms with Crippen molar-refractivity contribution >= 4 is 22.4 Å². The van der Waals surface area contributed by atoms with E-state index in [0.717, 1.165) is 21.9 Å². The molecule has 0 saturated carbocycles. The van der Waals surface area contributed by atoms with Gasteiger partial charge in [0.1, 0.15) is 29.7 Å². The summed E-state index contributed by atoms with van der Waals surface area (Å²) in [7, 11) is 0. The molecule has 1 aliphatic heterocycles. The molecule has 5 nitrogen and oxygen atoms in total. The molecule has 0 radical (unpaired) electrons. The summed E-state index contributed by atoms with van der Waals surface area (Å²) in [5.74, 6) is 0.733. The van der Waals surface area contributed by atoms with Crippen LogP contribution in [0.25, 0.3) is 11.0 Å². The molecule has 0 aliphatic carbocycles. The van der Waals surface area contributed by atoms with Crippen molar-refractivity contribution in [1.29, 1.82) is 0 Å². The second-order valence-corrected chi connectivity index (χ2v) is 6.67. The van der Waals surface area contributed by atoms with Gasteiger partial charge in [0.05, 0.1) is 17.6 Å². The molecule has 1 aliphatic rings. The monoisotopic (exact) mass is 332 g/mol. The highest BCUT2D eigenvalue weighted by molar-refractivity contribution is 7.09. The van der Waals surface area contributed by atoms with Gasteiger partial charge in [-0.15, -0.1) is 11.3 Å². The molecule has 0 amide bonds. The largest absolute Gasteiger partial charge is 0.366 e. The van der Waals surface area contributed by atoms with Crippen LogP contribution in [0.15, 0.2) is 35.8 Å². The number of alkyl halides is 1. The van der Waals surface area contributed by atoms with Crippen LogP contribution in [0.4, 0.5) is 4.39 Å². The number of thiazole rings is 1. The third kappa shape index (κ3) is 3.26. The van der Waals surface area contributed by atoms with Crippen molar-refractivity contribution in [2.75, 3.05) is 13.1 Å². The Balaban J connectivity index is 1.35. The van der Waals surface area contributed by atoms with E-state index in [1.165, 1.54) is 0 Å². The third-order valence-electron chi connectivity index (χ3n) is 3.99. The van der Waals surface area contributed by atoms with Crippen molar-refractivity contribution < 1.29 is 9.13 Å². The van der Waals surface area contributed by atoms with E-state index in [-0.39, 0.29) is 0 Å². The average molecular weight is 332 g/mol. The molecule has 2 aromatic heterocycles. The van der Waals surface area contributed by atoms with Gasteiger partial charge in [0.15, 0.2) is 0 Å². The first-order chi connectivity index (χ1) is 11.3. The van der Waals surface area contributed by atoms with Crippen LogP contribution in [0, 0.1) is 0 Å². The number of nitrogens with one attached hydrogen (secondary N) is 1. The lowest BCUT2D eigenvalue weighted by molar-refractivity contribution is 0.00863. The number of para-hydroxylation sites is 2. The summed E-state index contributed by atoms with van der Waals surface area (Å²) in [6.07, 6.45) is 0.390. The van der Waals surface area contributed by atoms with Crippen molar-refractivity contribution in [3.63, 3.8) is 0 Å². The van der Waals surface area contributed by atoms with Gasteiger partial charge in [0, 0.05) is 24.7 Å². The Morgan fingerprint density at radius 3 is 3.09 bits per heavy atom. The molecule has 23 heavy (non-hydrogen) atoms. The molecule has 4 rings (SSSR count). The van der Waals surface area contributed by atoms with Crippen LogP contribution in [0.5, 0.6) is 0 Å². The van der Waals surface area contributed by atoms with Crippen LogP contribution < -0.4 is 0 Å². The van der Waals surface area contributed by atoms with Gasteiger partial charge in [-0.2, -0.15) is 0 Å². The van der Waals surface area contributed by atoms with Crippen molar-refractivity contribution in [2.24, 2.45) is 0 Å². The van der Waals surface area contributed by atoms with E-state index in [4.69, 9.17) is 4.74 Å². The third-order valence-corrected chi connectivity index (χ3v) is 4.75. The fraction of sp³-hybridized carbons (Fsp3) is 0.375. The maximum Gasteiger partial charge on any atom is 0.140 e. The summed E-state index contributed by atoms with van der Waals surface area (Å²) in [5, 5.41) is 2.95. The number of ether oxygens (including phenoxy) is 1. The van der Waals surface area contributed by atoms with Gasteiger partial charge in [-0.05, 0) is 12.1 Å². The molecule has 7 heteroatoms. The van der Waals surface area contributed by atoms with E-state index < -0.39 is 12.3 Å². The predicted octanol–water partition coefficient (Wildman–Crippen LogP) is 2.76. The number of hydrogen-bond donors (Lipinski definition) is 1. The van der Waals surface area contributed by atoms with Crippen LogP contribution in [0.3, 0.4) is 0 Å². The zero-order valence-corrected chi connectivity index (χ0v) is 13.3. The van der Waals surface area contributed by atoms with E-state index in [1.807, 2.05) is 34.5 Å². The van der Waals surface area contributed by atoms with Crippen LogP contribution in [0.2, 0.25) is 0 Å². The number of hydrogen-bond acceptors (Lipinski definition) is 5. The number of halogens is 1. The molecule has 1 fully saturated rings. The standard InChI is InChI=1S/C16H17FN4OS/c17-11-7-21(9-16-18-5-6-23-16)8-14(11)22-10-15-19-12-3-1-2-4-13(12)20-15/h1-6,11,14H,7-10H2,(H,19,20)/t11-,14+/m1/s1. The van der Waals surface area contributed by atoms with Crippen LogP contribution in [-0.4, -0.2) is 45.2 Å². The molecular weight excluding hydrogens is 315 g/mol. The second kappa shape index (κ2) is 6.35. The number of rotatable bonds is 5. The first kappa shape index (κ1) is 14.7. The minimum atomic E-state index is -0.973. The Morgan fingerprint density at radius 1 is 1.35 bits per heavy atom. The number of aromatic amines is 1. The Bertz CT molecular complexity index is 742. The minimum Gasteiger partial charge on any atom is -0.366 e. The van der Waals surface area contributed by atoms with Gasteiger partial charge in [-0.3, -0.25) is 4.90 Å². The number of imidazole rings is 1. The van der Waals surface area contributed by atoms with Gasteiger partial charge in [-0.25, -0.2) is 14.4 Å². The maximum atomic E-state index is 14.2. The van der Waals surface area contributed by atoms with Crippen molar-refractivity contribution in [3.05, 3.63) is 46.7 Å². The highest BCUT2D eigenvalue weighted by Gasteiger charge is 2.34. The summed E-state index contributed by atoms with van der Waals surface area (Å²) in [4.78, 5) is 13.9. The molecule has 0 bridgehead atoms. The van der Waals surface area contributed by atoms with Gasteiger partial charge < -0.3 is 9.72 Å². The summed E-state index contributed by atoms with van der Waals surface area (Å²) < 4.78 is 19.9. The van der Waals surface area contributed by atoms with Gasteiger partial charge in [0.2, 0.25) is 0 Å². The number of likely N-dealkylation sites (tertiary alicyclic amines) is 1. The van der Waals surface area contributed by atoms with Crippen molar-refractivity contribution in [1.82, 2.24) is 19.9 Å². The number of benzene rings is 1. The van der Waals surface area contributed by atoms with Gasteiger partial charge >= 0.3 is 0 Å². The van der Waals surface area contributed by atoms with Gasteiger partial charge in [0.25, 0.3) is 0 Å². The Hall–Kier alpha value is -1.83. The minimum absolute atomic E-state index is 0.296. The zero-order chi connectivity index (χ0) is 15.6. The summed E-state index contributed by atoms with van der Waals surface area (Å²) in [5.41, 5.74) is 1.87. The lowest BCUT2D eigenvalue weighted by atomic mass is 10.3. The highest BCUT2D eigenvalue weighted by atomic mass is 32.1. The van der Waals surface area contributed by atoms with E-state index in [0.29, 0.717) is 26.2 Å². The predicted molar refractivity (Wildman–Crippen MR) is 87.0 cm³/mol. The second-order valence-electron chi connectivity index (χ2n) is 5.69. The molecule has 1 saturated heterocycles. The molecule has 3 heterocycles. The van der Waals surface area contributed by atoms with Crippen molar-refractivity contribution in [2.45, 2.75) is 25.4 Å². The summed E-state index contributed by atoms with van der Waals surface area (Å²) in [6.45, 7) is 1.96. The molecule has 1 aromatic carbocycles. The van der Waals surface area contributed by atoms with Crippen molar-refractivity contribution in [3.8, 4) is 0 Å². The lowest BCUT2D eigenvalue weighted by Gasteiger charge is -2.14. The van der Waals surface area contributed by atoms with Crippen LogP contribution in [0.1, 0.15) is 10.8 Å². The van der Waals surface area contributed by atoms with E-state index in [9.17, 15) is 4.39 Å². The first-order valence-corrected chi connectivity index (χ1v) is 8.46. The fourth-order valence-corrected chi connectivity index (χ4v) is 3.53. The lowest BCUT2D eigenvalue weighted by Crippen LogP contribution is -2.24. The maximum absolute atomic E-state index is 14.2. The molecule has 0 unspecified atom stereocenters. The highest BCUT2D eigenvalue weighted by Crippen LogP contribution is 2.21. The SMILES string of the molecule is F[C@@H]1CN(Cc2nccs2)C[C@@H]1OCc1nc2ccccc2[nH]1. The Kier molecular flexibility index (Phi) is 4.07. The first-order valence-electron chi connectivity index (χ1n) is 7.58. The van der Waals surface area contributed by atoms with Crippen LogP contribution >= 0.6 is 11.3 Å². The van der Waals surface area contributed by atoms with Gasteiger partial charge in [-0.1, -0.05) is 12.1 Å². The van der Waals surface area contributed by atoms with Crippen LogP contribution in [-0.2, 0) is 17.9 Å². The summed E-state index contributed by atoms with van der Waals surface area (Å²) in [6, 6.07) is 7.81. The number of H-pyrrole nitrogens is 1. The molecule has 1 N–H and O–H groups in total. The quantitative estimate of drug-likeness (QED) is 0.780. The Morgan fingerprint density at radius 2 is 2.26 bits per heavy atom. The van der Waals surface area contributed by atoms with E-state index >= 15 is 0 Å². The topological polar surface area (TPSA) is 54.0 Å². The number of fused-ring (bicyclic) bond motifs is 1. The average Bonchev–Trinajstić information content (AvgIpc) is 3.25. The normalized spacial score (nSPS) is 22.1. The van der Waals surface area contributed by atoms with E-state index in [1.54, 1.807) is 17.5 Å².